The number of nitrogens with one attached hydrogen (secondary N) is 3. The van der Waals surface area contributed by atoms with Crippen molar-refractivity contribution in [2.75, 3.05) is 12.3 Å². The van der Waals surface area contributed by atoms with E-state index in [1.54, 1.807) is 0 Å². The van der Waals surface area contributed by atoms with Gasteiger partial charge >= 0.3 is 5.97 Å². The summed E-state index contributed by atoms with van der Waals surface area (Å²) in [6.07, 6.45) is 0. The largest absolute Gasteiger partial charge is 0.480 e. The van der Waals surface area contributed by atoms with Gasteiger partial charge in [0.05, 0.1) is 6.04 Å². The van der Waals surface area contributed by atoms with Gasteiger partial charge in [-0.2, -0.15) is 12.6 Å². The number of hydrogen-bond donors (Lipinski definition) is 6. The summed E-state index contributed by atoms with van der Waals surface area (Å²) in [5.41, 5.74) is 5.35. The lowest BCUT2D eigenvalue weighted by molar-refractivity contribution is -0.138. The minimum absolute atomic E-state index is 0.0227. The van der Waals surface area contributed by atoms with Gasteiger partial charge in [0.15, 0.2) is 0 Å². The molecule has 0 saturated heterocycles. The van der Waals surface area contributed by atoms with Gasteiger partial charge in [-0.15, -0.1) is 0 Å². The highest BCUT2D eigenvalue weighted by Crippen LogP contribution is 1.92. The standard InChI is InChI=1S/C11H20N4O5S/c1-5(12)9(18)14-6(2)10(19)15-7(4-21)11(20)13-3-8(16)17/h5-7,21H,3-4,12H2,1-2H3,(H,13,20)(H,14,18)(H,15,19)(H,16,17). The Morgan fingerprint density at radius 1 is 1.10 bits per heavy atom. The zero-order valence-corrected chi connectivity index (χ0v) is 12.6. The summed E-state index contributed by atoms with van der Waals surface area (Å²) in [5, 5.41) is 15.3. The van der Waals surface area contributed by atoms with E-state index in [2.05, 4.69) is 28.6 Å². The number of carboxylic acids is 1. The van der Waals surface area contributed by atoms with Crippen molar-refractivity contribution < 1.29 is 24.3 Å². The number of carbonyl (C=O) groups excluding carboxylic acids is 3. The maximum atomic E-state index is 11.8. The second kappa shape index (κ2) is 9.19. The zero-order chi connectivity index (χ0) is 16.6. The minimum atomic E-state index is -1.20. The van der Waals surface area contributed by atoms with Gasteiger partial charge in [0, 0.05) is 5.75 Å². The highest BCUT2D eigenvalue weighted by Gasteiger charge is 2.24. The highest BCUT2D eigenvalue weighted by atomic mass is 32.1. The molecule has 0 rings (SSSR count). The summed E-state index contributed by atoms with van der Waals surface area (Å²) in [6.45, 7) is 2.34. The monoisotopic (exact) mass is 320 g/mol. The number of hydrogen-bond acceptors (Lipinski definition) is 6. The van der Waals surface area contributed by atoms with Gasteiger partial charge in [-0.25, -0.2) is 0 Å². The molecule has 9 nitrogen and oxygen atoms in total. The average Bonchev–Trinajstić information content (AvgIpc) is 2.41. The van der Waals surface area contributed by atoms with Crippen molar-refractivity contribution in [2.45, 2.75) is 32.0 Å². The molecule has 3 atom stereocenters. The molecule has 3 unspecified atom stereocenters. The summed E-state index contributed by atoms with van der Waals surface area (Å²) < 4.78 is 0. The maximum Gasteiger partial charge on any atom is 0.322 e. The molecule has 0 aliphatic heterocycles. The fourth-order valence-electron chi connectivity index (χ4n) is 1.19. The summed E-state index contributed by atoms with van der Waals surface area (Å²) in [5.74, 6) is -3.01. The normalized spacial score (nSPS) is 14.5. The van der Waals surface area contributed by atoms with Crippen molar-refractivity contribution in [3.8, 4) is 0 Å². The maximum absolute atomic E-state index is 11.8. The molecule has 0 aromatic rings. The minimum Gasteiger partial charge on any atom is -0.480 e. The third kappa shape index (κ3) is 7.51. The number of rotatable bonds is 8. The van der Waals surface area contributed by atoms with Crippen LogP contribution in [-0.2, 0) is 19.2 Å². The summed E-state index contributed by atoms with van der Waals surface area (Å²) in [6, 6.07) is -2.66. The smallest absolute Gasteiger partial charge is 0.322 e. The van der Waals surface area contributed by atoms with E-state index in [4.69, 9.17) is 10.8 Å². The molecule has 10 heteroatoms. The molecule has 0 radical (unpaired) electrons. The number of aliphatic carboxylic acids is 1. The molecular weight excluding hydrogens is 300 g/mol. The first-order valence-corrected chi connectivity index (χ1v) is 6.79. The highest BCUT2D eigenvalue weighted by molar-refractivity contribution is 7.80. The van der Waals surface area contributed by atoms with Gasteiger partial charge in [0.25, 0.3) is 0 Å². The lowest BCUT2D eigenvalue weighted by Crippen LogP contribution is -2.55. The Kier molecular flexibility index (Phi) is 8.39. The van der Waals surface area contributed by atoms with Crippen molar-refractivity contribution in [1.29, 1.82) is 0 Å². The van der Waals surface area contributed by atoms with Crippen LogP contribution >= 0.6 is 12.6 Å². The number of amides is 3. The van der Waals surface area contributed by atoms with Gasteiger partial charge in [0.1, 0.15) is 18.6 Å². The molecule has 0 saturated carbocycles. The predicted molar refractivity (Wildman–Crippen MR) is 77.7 cm³/mol. The van der Waals surface area contributed by atoms with Crippen LogP contribution in [0.4, 0.5) is 0 Å². The fourth-order valence-corrected chi connectivity index (χ4v) is 1.44. The molecule has 0 aliphatic carbocycles. The van der Waals surface area contributed by atoms with E-state index < -0.39 is 48.4 Å². The Labute approximate surface area is 127 Å². The predicted octanol–water partition coefficient (Wildman–Crippen LogP) is -2.55. The van der Waals surface area contributed by atoms with E-state index >= 15 is 0 Å². The topological polar surface area (TPSA) is 151 Å². The van der Waals surface area contributed by atoms with Crippen LogP contribution in [0, 0.1) is 0 Å². The number of carbonyl (C=O) groups is 4. The van der Waals surface area contributed by atoms with Crippen molar-refractivity contribution in [3.05, 3.63) is 0 Å². The SMILES string of the molecule is CC(N)C(=O)NC(C)C(=O)NC(CS)C(=O)NCC(=O)O. The molecule has 120 valence electrons. The Morgan fingerprint density at radius 2 is 1.67 bits per heavy atom. The number of nitrogens with two attached hydrogens (primary N) is 1. The van der Waals surface area contributed by atoms with Gasteiger partial charge in [-0.1, -0.05) is 0 Å². The van der Waals surface area contributed by atoms with Crippen LogP contribution in [0.5, 0.6) is 0 Å². The van der Waals surface area contributed by atoms with Crippen molar-refractivity contribution in [3.63, 3.8) is 0 Å². The lowest BCUT2D eigenvalue weighted by atomic mass is 10.2. The van der Waals surface area contributed by atoms with Crippen LogP contribution in [0.3, 0.4) is 0 Å². The molecule has 0 aliphatic rings. The third-order valence-electron chi connectivity index (χ3n) is 2.40. The molecular formula is C11H20N4O5S. The lowest BCUT2D eigenvalue weighted by Gasteiger charge is -2.20. The molecule has 21 heavy (non-hydrogen) atoms. The van der Waals surface area contributed by atoms with Gasteiger partial charge in [-0.05, 0) is 13.8 Å². The zero-order valence-electron chi connectivity index (χ0n) is 11.8. The second-order valence-corrected chi connectivity index (χ2v) is 4.74. The average molecular weight is 320 g/mol. The summed E-state index contributed by atoms with van der Waals surface area (Å²) >= 11 is 3.91. The molecule has 0 spiro atoms. The molecule has 0 aromatic heterocycles. The number of carboxylic acid groups (broad SMARTS) is 1. The van der Waals surface area contributed by atoms with E-state index in [1.165, 1.54) is 13.8 Å². The van der Waals surface area contributed by atoms with Crippen molar-refractivity contribution >= 4 is 36.3 Å². The first-order chi connectivity index (χ1) is 9.68. The second-order valence-electron chi connectivity index (χ2n) is 4.37. The fraction of sp³-hybridized carbons (Fsp3) is 0.636. The first-order valence-electron chi connectivity index (χ1n) is 6.15. The summed E-state index contributed by atoms with van der Waals surface area (Å²) in [4.78, 5) is 45.1. The first kappa shape index (κ1) is 19.2. The molecule has 0 heterocycles. The van der Waals surface area contributed by atoms with Crippen LogP contribution < -0.4 is 21.7 Å². The molecule has 0 aromatic carbocycles. The van der Waals surface area contributed by atoms with Crippen LogP contribution in [0.25, 0.3) is 0 Å². The van der Waals surface area contributed by atoms with Crippen LogP contribution in [0.15, 0.2) is 0 Å². The van der Waals surface area contributed by atoms with E-state index in [9.17, 15) is 19.2 Å². The van der Waals surface area contributed by atoms with E-state index in [1.807, 2.05) is 0 Å². The Hall–Kier alpha value is -1.81. The Balaban J connectivity index is 4.46. The summed E-state index contributed by atoms with van der Waals surface area (Å²) in [7, 11) is 0. The molecule has 3 amide bonds. The molecule has 0 fully saturated rings. The Bertz CT molecular complexity index is 415. The van der Waals surface area contributed by atoms with Gasteiger partial charge in [0.2, 0.25) is 17.7 Å². The molecule has 0 bridgehead atoms. The molecule has 6 N–H and O–H groups in total. The van der Waals surface area contributed by atoms with Crippen molar-refractivity contribution in [2.24, 2.45) is 5.73 Å². The van der Waals surface area contributed by atoms with E-state index in [-0.39, 0.29) is 5.75 Å². The Morgan fingerprint density at radius 3 is 2.10 bits per heavy atom. The van der Waals surface area contributed by atoms with Crippen LogP contribution in [-0.4, -0.2) is 59.2 Å². The van der Waals surface area contributed by atoms with E-state index in [0.717, 1.165) is 0 Å². The third-order valence-corrected chi connectivity index (χ3v) is 2.76. The quantitative estimate of drug-likeness (QED) is 0.271. The number of thiol groups is 1. The van der Waals surface area contributed by atoms with Crippen molar-refractivity contribution in [1.82, 2.24) is 16.0 Å². The van der Waals surface area contributed by atoms with Crippen LogP contribution in [0.1, 0.15) is 13.8 Å². The van der Waals surface area contributed by atoms with Gasteiger partial charge < -0.3 is 26.8 Å². The van der Waals surface area contributed by atoms with E-state index in [0.29, 0.717) is 0 Å². The van der Waals surface area contributed by atoms with Crippen LogP contribution in [0.2, 0.25) is 0 Å². The van der Waals surface area contributed by atoms with Gasteiger partial charge in [-0.3, -0.25) is 19.2 Å².